The third-order valence-corrected chi connectivity index (χ3v) is 5.00. The van der Waals surface area contributed by atoms with Crippen LogP contribution in [0, 0.1) is 13.8 Å². The lowest BCUT2D eigenvalue weighted by atomic mass is 10.2. The van der Waals surface area contributed by atoms with Crippen LogP contribution >= 0.6 is 0 Å². The highest BCUT2D eigenvalue weighted by Crippen LogP contribution is 2.16. The van der Waals surface area contributed by atoms with E-state index in [4.69, 9.17) is 4.74 Å². The molecule has 0 aliphatic carbocycles. The van der Waals surface area contributed by atoms with Gasteiger partial charge < -0.3 is 9.64 Å². The van der Waals surface area contributed by atoms with Gasteiger partial charge in [-0.05, 0) is 58.5 Å². The molecule has 1 aromatic rings. The summed E-state index contributed by atoms with van der Waals surface area (Å²) in [5.74, 6) is 0. The summed E-state index contributed by atoms with van der Waals surface area (Å²) in [6.07, 6.45) is 0.670. The third-order valence-electron chi connectivity index (χ3n) is 3.43. The normalized spacial score (nSPS) is 13.5. The second kappa shape index (κ2) is 8.62. The largest absolute Gasteiger partial charge is 0.377 e. The molecule has 0 saturated carbocycles. The maximum Gasteiger partial charge on any atom is 0.240 e. The molecule has 0 aliphatic rings. The van der Waals surface area contributed by atoms with Crippen LogP contribution in [0.5, 0.6) is 0 Å². The van der Waals surface area contributed by atoms with Gasteiger partial charge in [0.25, 0.3) is 0 Å². The predicted molar refractivity (Wildman–Crippen MR) is 89.7 cm³/mol. The SMILES string of the molecule is CCO[C@@H](CCN(C)C)CNS(=O)(=O)c1cc(C)ccc1C. The molecular weight excluding hydrogens is 300 g/mol. The van der Waals surface area contributed by atoms with Crippen LogP contribution < -0.4 is 4.72 Å². The van der Waals surface area contributed by atoms with Crippen molar-refractivity contribution in [2.45, 2.75) is 38.2 Å². The number of aryl methyl sites for hydroxylation is 2. The minimum absolute atomic E-state index is 0.118. The molecule has 0 spiro atoms. The summed E-state index contributed by atoms with van der Waals surface area (Å²) in [6, 6.07) is 5.44. The van der Waals surface area contributed by atoms with Gasteiger partial charge in [-0.15, -0.1) is 0 Å². The van der Waals surface area contributed by atoms with E-state index in [1.807, 2.05) is 40.1 Å². The number of rotatable bonds is 9. The molecule has 1 rings (SSSR count). The Hall–Kier alpha value is -0.950. The van der Waals surface area contributed by atoms with Crippen molar-refractivity contribution in [2.24, 2.45) is 0 Å². The van der Waals surface area contributed by atoms with Crippen molar-refractivity contribution in [1.82, 2.24) is 9.62 Å². The molecule has 1 aromatic carbocycles. The number of benzene rings is 1. The van der Waals surface area contributed by atoms with Crippen molar-refractivity contribution in [3.63, 3.8) is 0 Å². The Morgan fingerprint density at radius 1 is 1.27 bits per heavy atom. The molecule has 6 heteroatoms. The fourth-order valence-electron chi connectivity index (χ4n) is 2.16. The molecule has 0 aromatic heterocycles. The van der Waals surface area contributed by atoms with Gasteiger partial charge in [-0.2, -0.15) is 0 Å². The number of sulfonamides is 1. The molecule has 1 N–H and O–H groups in total. The fraction of sp³-hybridized carbons (Fsp3) is 0.625. The number of hydrogen-bond donors (Lipinski definition) is 1. The van der Waals surface area contributed by atoms with Gasteiger partial charge >= 0.3 is 0 Å². The summed E-state index contributed by atoms with van der Waals surface area (Å²) >= 11 is 0. The maximum absolute atomic E-state index is 12.5. The van der Waals surface area contributed by atoms with Crippen molar-refractivity contribution in [2.75, 3.05) is 33.8 Å². The molecule has 1 atom stereocenters. The third kappa shape index (κ3) is 6.04. The van der Waals surface area contributed by atoms with Gasteiger partial charge in [-0.3, -0.25) is 0 Å². The van der Waals surface area contributed by atoms with Crippen molar-refractivity contribution in [1.29, 1.82) is 0 Å². The Bertz CT molecular complexity index is 571. The average Bonchev–Trinajstić information content (AvgIpc) is 2.44. The van der Waals surface area contributed by atoms with E-state index in [0.29, 0.717) is 11.5 Å². The van der Waals surface area contributed by atoms with Gasteiger partial charge in [0.15, 0.2) is 0 Å². The number of hydrogen-bond acceptors (Lipinski definition) is 4. The summed E-state index contributed by atoms with van der Waals surface area (Å²) in [4.78, 5) is 2.40. The van der Waals surface area contributed by atoms with Crippen molar-refractivity contribution in [3.8, 4) is 0 Å². The quantitative estimate of drug-likeness (QED) is 0.752. The first-order chi connectivity index (χ1) is 10.3. The Kier molecular flexibility index (Phi) is 7.48. The van der Waals surface area contributed by atoms with E-state index in [1.165, 1.54) is 0 Å². The van der Waals surface area contributed by atoms with Crippen LogP contribution in [0.4, 0.5) is 0 Å². The molecule has 22 heavy (non-hydrogen) atoms. The summed E-state index contributed by atoms with van der Waals surface area (Å²) in [7, 11) is 0.470. The van der Waals surface area contributed by atoms with E-state index in [9.17, 15) is 8.42 Å². The molecule has 5 nitrogen and oxygen atoms in total. The predicted octanol–water partition coefficient (Wildman–Crippen LogP) is 1.94. The van der Waals surface area contributed by atoms with Crippen LogP contribution in [-0.4, -0.2) is 53.2 Å². The van der Waals surface area contributed by atoms with E-state index >= 15 is 0 Å². The van der Waals surface area contributed by atoms with Crippen molar-refractivity contribution in [3.05, 3.63) is 29.3 Å². The lowest BCUT2D eigenvalue weighted by Gasteiger charge is -2.20. The van der Waals surface area contributed by atoms with Gasteiger partial charge in [-0.1, -0.05) is 12.1 Å². The Morgan fingerprint density at radius 3 is 2.55 bits per heavy atom. The molecule has 0 bridgehead atoms. The zero-order valence-corrected chi connectivity index (χ0v) is 15.0. The molecule has 0 heterocycles. The van der Waals surface area contributed by atoms with Crippen LogP contribution in [0.2, 0.25) is 0 Å². The van der Waals surface area contributed by atoms with E-state index in [1.54, 1.807) is 13.0 Å². The fourth-order valence-corrected chi connectivity index (χ4v) is 3.55. The standard InChI is InChI=1S/C16H28N2O3S/c1-6-21-15(9-10-18(4)5)12-17-22(19,20)16-11-13(2)7-8-14(16)3/h7-8,11,15,17H,6,9-10,12H2,1-5H3/t15-/m0/s1. The van der Waals surface area contributed by atoms with Crippen LogP contribution in [0.1, 0.15) is 24.5 Å². The summed E-state index contributed by atoms with van der Waals surface area (Å²) < 4.78 is 33.3. The molecular formula is C16H28N2O3S. The maximum atomic E-state index is 12.5. The minimum Gasteiger partial charge on any atom is -0.377 e. The molecule has 0 amide bonds. The highest BCUT2D eigenvalue weighted by Gasteiger charge is 2.19. The molecule has 126 valence electrons. The van der Waals surface area contributed by atoms with Crippen molar-refractivity contribution >= 4 is 10.0 Å². The van der Waals surface area contributed by atoms with E-state index in [0.717, 1.165) is 24.1 Å². The van der Waals surface area contributed by atoms with Gasteiger partial charge in [-0.25, -0.2) is 13.1 Å². The highest BCUT2D eigenvalue weighted by atomic mass is 32.2. The zero-order chi connectivity index (χ0) is 16.8. The van der Waals surface area contributed by atoms with Gasteiger partial charge in [0, 0.05) is 19.7 Å². The lowest BCUT2D eigenvalue weighted by Crippen LogP contribution is -2.35. The van der Waals surface area contributed by atoms with Gasteiger partial charge in [0.1, 0.15) is 0 Å². The molecule has 0 saturated heterocycles. The number of ether oxygens (including phenoxy) is 1. The summed E-state index contributed by atoms with van der Waals surface area (Å²) in [5.41, 5.74) is 1.68. The first kappa shape index (κ1) is 19.1. The zero-order valence-electron chi connectivity index (χ0n) is 14.2. The monoisotopic (exact) mass is 328 g/mol. The van der Waals surface area contributed by atoms with Crippen LogP contribution in [-0.2, 0) is 14.8 Å². The Morgan fingerprint density at radius 2 is 1.95 bits per heavy atom. The number of nitrogens with zero attached hydrogens (tertiary/aromatic N) is 1. The van der Waals surface area contributed by atoms with E-state index < -0.39 is 10.0 Å². The first-order valence-electron chi connectivity index (χ1n) is 7.59. The lowest BCUT2D eigenvalue weighted by molar-refractivity contribution is 0.0554. The van der Waals surface area contributed by atoms with Crippen LogP contribution in [0.3, 0.4) is 0 Å². The molecule has 0 fully saturated rings. The smallest absolute Gasteiger partial charge is 0.240 e. The molecule has 0 radical (unpaired) electrons. The first-order valence-corrected chi connectivity index (χ1v) is 9.07. The van der Waals surface area contributed by atoms with Crippen LogP contribution in [0.15, 0.2) is 23.1 Å². The highest BCUT2D eigenvalue weighted by molar-refractivity contribution is 7.89. The van der Waals surface area contributed by atoms with Gasteiger partial charge in [0.05, 0.1) is 11.0 Å². The second-order valence-electron chi connectivity index (χ2n) is 5.79. The van der Waals surface area contributed by atoms with Crippen molar-refractivity contribution < 1.29 is 13.2 Å². The molecule has 0 unspecified atom stereocenters. The molecule has 0 aliphatic heterocycles. The van der Waals surface area contributed by atoms with Crippen LogP contribution in [0.25, 0.3) is 0 Å². The average molecular weight is 328 g/mol. The summed E-state index contributed by atoms with van der Waals surface area (Å²) in [6.45, 7) is 7.33. The Labute approximate surface area is 134 Å². The second-order valence-corrected chi connectivity index (χ2v) is 7.53. The topological polar surface area (TPSA) is 58.6 Å². The van der Waals surface area contributed by atoms with Gasteiger partial charge in [0.2, 0.25) is 10.0 Å². The van der Waals surface area contributed by atoms with E-state index in [-0.39, 0.29) is 12.6 Å². The summed E-state index contributed by atoms with van der Waals surface area (Å²) in [5, 5.41) is 0. The van der Waals surface area contributed by atoms with E-state index in [2.05, 4.69) is 9.62 Å². The minimum atomic E-state index is -3.51. The number of nitrogens with one attached hydrogen (secondary N) is 1. The Balaban J connectivity index is 2.76.